The number of sulfonamides is 1. The van der Waals surface area contributed by atoms with Gasteiger partial charge < -0.3 is 14.6 Å². The maximum Gasteiger partial charge on any atom is 0.244 e. The molecule has 1 unspecified atom stereocenters. The van der Waals surface area contributed by atoms with E-state index in [1.807, 2.05) is 0 Å². The van der Waals surface area contributed by atoms with Crippen molar-refractivity contribution in [2.75, 3.05) is 20.8 Å². The second-order valence-corrected chi connectivity index (χ2v) is 7.66. The van der Waals surface area contributed by atoms with Crippen LogP contribution < -0.4 is 9.46 Å². The number of methoxy groups -OCH3 is 2. The monoisotopic (exact) mass is 405 g/mol. The van der Waals surface area contributed by atoms with Crippen LogP contribution in [-0.4, -0.2) is 34.3 Å². The normalized spacial score (nSPS) is 12.8. The molecule has 2 aromatic carbocycles. The molecule has 0 aliphatic carbocycles. The molecule has 9 heteroatoms. The van der Waals surface area contributed by atoms with Crippen molar-refractivity contribution in [3.8, 4) is 11.5 Å². The van der Waals surface area contributed by atoms with E-state index in [1.54, 1.807) is 31.4 Å². The van der Waals surface area contributed by atoms with Crippen molar-refractivity contribution < 1.29 is 23.0 Å². The second kappa shape index (κ2) is 8.25. The molecule has 2 aromatic rings. The van der Waals surface area contributed by atoms with Gasteiger partial charge in [0.05, 0.1) is 18.2 Å². The fourth-order valence-corrected chi connectivity index (χ4v) is 3.95. The number of hydrogen-bond donors (Lipinski definition) is 2. The van der Waals surface area contributed by atoms with Gasteiger partial charge in [0.1, 0.15) is 10.6 Å². The Labute approximate surface area is 156 Å². The molecular weight excluding hydrogens is 389 g/mol. The van der Waals surface area contributed by atoms with Gasteiger partial charge in [-0.15, -0.1) is 0 Å². The van der Waals surface area contributed by atoms with Crippen molar-refractivity contribution in [1.82, 2.24) is 4.72 Å². The Morgan fingerprint density at radius 1 is 1.16 bits per heavy atom. The Hall–Kier alpha value is -1.51. The topological polar surface area (TPSA) is 84.9 Å². The van der Waals surface area contributed by atoms with E-state index in [0.29, 0.717) is 5.75 Å². The highest BCUT2D eigenvalue weighted by Crippen LogP contribution is 2.34. The van der Waals surface area contributed by atoms with E-state index < -0.39 is 26.8 Å². The van der Waals surface area contributed by atoms with Crippen LogP contribution in [0.3, 0.4) is 0 Å². The largest absolute Gasteiger partial charge is 0.505 e. The Bertz CT molecular complexity index is 840. The lowest BCUT2D eigenvalue weighted by Gasteiger charge is -2.17. The zero-order valence-electron chi connectivity index (χ0n) is 13.5. The third-order valence-electron chi connectivity index (χ3n) is 3.51. The summed E-state index contributed by atoms with van der Waals surface area (Å²) in [6.07, 6.45) is -0.530. The van der Waals surface area contributed by atoms with E-state index in [-0.39, 0.29) is 16.6 Å². The molecule has 136 valence electrons. The van der Waals surface area contributed by atoms with Gasteiger partial charge in [-0.3, -0.25) is 0 Å². The minimum atomic E-state index is -4.04. The predicted molar refractivity (Wildman–Crippen MR) is 96.1 cm³/mol. The Balaban J connectivity index is 2.19. The summed E-state index contributed by atoms with van der Waals surface area (Å²) in [5, 5.41) is 9.85. The van der Waals surface area contributed by atoms with Gasteiger partial charge in [-0.25, -0.2) is 13.1 Å². The summed E-state index contributed by atoms with van der Waals surface area (Å²) in [5.74, 6) is 0.120. The molecule has 0 saturated heterocycles. The van der Waals surface area contributed by atoms with Gasteiger partial charge in [0, 0.05) is 18.7 Å². The first kappa shape index (κ1) is 19.8. The molecule has 25 heavy (non-hydrogen) atoms. The third kappa shape index (κ3) is 4.77. The number of benzene rings is 2. The highest BCUT2D eigenvalue weighted by atomic mass is 35.5. The van der Waals surface area contributed by atoms with Crippen LogP contribution in [0.5, 0.6) is 11.5 Å². The van der Waals surface area contributed by atoms with Gasteiger partial charge in [0.2, 0.25) is 10.0 Å². The summed E-state index contributed by atoms with van der Waals surface area (Å²) in [6, 6.07) is 9.42. The maximum atomic E-state index is 12.4. The molecule has 1 atom stereocenters. The van der Waals surface area contributed by atoms with Crippen molar-refractivity contribution in [3.05, 3.63) is 52.0 Å². The summed E-state index contributed by atoms with van der Waals surface area (Å²) >= 11 is 11.6. The van der Waals surface area contributed by atoms with Gasteiger partial charge in [0.25, 0.3) is 0 Å². The number of ether oxygens (including phenoxy) is 2. The molecule has 0 fully saturated rings. The van der Waals surface area contributed by atoms with Crippen LogP contribution >= 0.6 is 23.2 Å². The van der Waals surface area contributed by atoms with Crippen LogP contribution in [-0.2, 0) is 14.8 Å². The first-order chi connectivity index (χ1) is 11.8. The molecule has 2 rings (SSSR count). The van der Waals surface area contributed by atoms with Crippen molar-refractivity contribution in [2.45, 2.75) is 11.0 Å². The summed E-state index contributed by atoms with van der Waals surface area (Å²) in [5.41, 5.74) is 0.763. The molecule has 0 heterocycles. The Morgan fingerprint density at radius 3 is 2.36 bits per heavy atom. The lowest BCUT2D eigenvalue weighted by Crippen LogP contribution is -2.29. The average molecular weight is 406 g/mol. The van der Waals surface area contributed by atoms with Crippen LogP contribution in [0, 0.1) is 0 Å². The first-order valence-electron chi connectivity index (χ1n) is 7.13. The molecule has 0 amide bonds. The summed E-state index contributed by atoms with van der Waals surface area (Å²) in [4.78, 5) is -0.394. The summed E-state index contributed by atoms with van der Waals surface area (Å²) in [6.45, 7) is -0.0469. The maximum absolute atomic E-state index is 12.4. The highest BCUT2D eigenvalue weighted by Gasteiger charge is 2.23. The van der Waals surface area contributed by atoms with Gasteiger partial charge in [-0.05, 0) is 29.8 Å². The van der Waals surface area contributed by atoms with Crippen LogP contribution in [0.25, 0.3) is 0 Å². The zero-order valence-corrected chi connectivity index (χ0v) is 15.8. The molecule has 6 nitrogen and oxygen atoms in total. The van der Waals surface area contributed by atoms with Crippen LogP contribution in [0.4, 0.5) is 0 Å². The molecule has 0 aliphatic rings. The lowest BCUT2D eigenvalue weighted by molar-refractivity contribution is 0.107. The zero-order chi connectivity index (χ0) is 18.6. The first-order valence-corrected chi connectivity index (χ1v) is 9.37. The summed E-state index contributed by atoms with van der Waals surface area (Å²) < 4.78 is 37.7. The second-order valence-electron chi connectivity index (χ2n) is 5.08. The minimum absolute atomic E-state index is 0.0469. The van der Waals surface area contributed by atoms with Crippen LogP contribution in [0.15, 0.2) is 41.3 Å². The predicted octanol–water partition coefficient (Wildman–Crippen LogP) is 3.37. The molecule has 0 aliphatic heterocycles. The number of phenolic OH excluding ortho intramolecular Hbond substituents is 1. The van der Waals surface area contributed by atoms with E-state index in [9.17, 15) is 13.5 Å². The van der Waals surface area contributed by atoms with Crippen LogP contribution in [0.2, 0.25) is 10.0 Å². The number of nitrogens with one attached hydrogen (secondary N) is 1. The van der Waals surface area contributed by atoms with E-state index in [1.165, 1.54) is 13.2 Å². The fraction of sp³-hybridized carbons (Fsp3) is 0.250. The standard InChI is InChI=1S/C16H17Cl2NO5S/c1-23-12-5-3-10(4-6-12)14(24-2)9-19-25(21,22)15-8-11(17)7-13(18)16(15)20/h3-8,14,19-20H,9H2,1-2H3. The number of hydrogen-bond acceptors (Lipinski definition) is 5. The summed E-state index contributed by atoms with van der Waals surface area (Å²) in [7, 11) is -1.01. The molecule has 0 spiro atoms. The number of phenols is 1. The Kier molecular flexibility index (Phi) is 6.53. The smallest absolute Gasteiger partial charge is 0.244 e. The van der Waals surface area contributed by atoms with Crippen LogP contribution in [0.1, 0.15) is 11.7 Å². The molecular formula is C16H17Cl2NO5S. The van der Waals surface area contributed by atoms with E-state index >= 15 is 0 Å². The number of aromatic hydroxyl groups is 1. The lowest BCUT2D eigenvalue weighted by atomic mass is 10.1. The van der Waals surface area contributed by atoms with E-state index in [0.717, 1.165) is 11.6 Å². The van der Waals surface area contributed by atoms with Crippen molar-refractivity contribution in [3.63, 3.8) is 0 Å². The van der Waals surface area contributed by atoms with Gasteiger partial charge in [-0.2, -0.15) is 0 Å². The minimum Gasteiger partial charge on any atom is -0.505 e. The highest BCUT2D eigenvalue weighted by molar-refractivity contribution is 7.89. The van der Waals surface area contributed by atoms with Gasteiger partial charge in [0.15, 0.2) is 5.75 Å². The molecule has 2 N–H and O–H groups in total. The Morgan fingerprint density at radius 2 is 1.80 bits per heavy atom. The van der Waals surface area contributed by atoms with Crippen molar-refractivity contribution in [2.24, 2.45) is 0 Å². The molecule has 0 aromatic heterocycles. The molecule has 0 radical (unpaired) electrons. The average Bonchev–Trinajstić information content (AvgIpc) is 2.59. The molecule has 0 saturated carbocycles. The number of rotatable bonds is 7. The fourth-order valence-electron chi connectivity index (χ4n) is 2.17. The van der Waals surface area contributed by atoms with Gasteiger partial charge in [-0.1, -0.05) is 35.3 Å². The van der Waals surface area contributed by atoms with Crippen molar-refractivity contribution >= 4 is 33.2 Å². The molecule has 0 bridgehead atoms. The number of halogens is 2. The van der Waals surface area contributed by atoms with E-state index in [2.05, 4.69) is 4.72 Å². The SMILES string of the molecule is COc1ccc(C(CNS(=O)(=O)c2cc(Cl)cc(Cl)c2O)OC)cc1. The van der Waals surface area contributed by atoms with Crippen molar-refractivity contribution in [1.29, 1.82) is 0 Å². The quantitative estimate of drug-likeness (QED) is 0.737. The third-order valence-corrected chi connectivity index (χ3v) is 5.46. The van der Waals surface area contributed by atoms with E-state index in [4.69, 9.17) is 32.7 Å². The van der Waals surface area contributed by atoms with Gasteiger partial charge >= 0.3 is 0 Å².